The molecule has 0 bridgehead atoms. The van der Waals surface area contributed by atoms with Gasteiger partial charge in [-0.05, 0) is 0 Å². The van der Waals surface area contributed by atoms with Gasteiger partial charge in [0.2, 0.25) is 0 Å². The van der Waals surface area contributed by atoms with Gasteiger partial charge in [-0.3, -0.25) is 0 Å². The maximum Gasteiger partial charge on any atom is 0.186 e. The van der Waals surface area contributed by atoms with Crippen molar-refractivity contribution < 1.29 is 49.6 Å². The summed E-state index contributed by atoms with van der Waals surface area (Å²) in [4.78, 5) is 0. The van der Waals surface area contributed by atoms with E-state index in [4.69, 9.17) is 18.9 Å². The Bertz CT molecular complexity index is 355. The van der Waals surface area contributed by atoms with Crippen LogP contribution in [0.5, 0.6) is 0 Å². The molecule has 2 heterocycles. The van der Waals surface area contributed by atoms with Crippen LogP contribution in [0.15, 0.2) is 0 Å². The second-order valence-corrected chi connectivity index (χ2v) is 5.33. The van der Waals surface area contributed by atoms with Crippen LogP contribution in [0.25, 0.3) is 0 Å². The second kappa shape index (κ2) is 7.45. The number of aliphatic hydroxyl groups excluding tert-OH is 6. The fraction of sp³-hybridized carbons (Fsp3) is 1.00. The molecular weight excluding hydrogens is 304 g/mol. The third-order valence-corrected chi connectivity index (χ3v) is 3.81. The minimum Gasteiger partial charge on any atom is -0.388 e. The van der Waals surface area contributed by atoms with Crippen LogP contribution in [0.4, 0.5) is 0 Å². The van der Waals surface area contributed by atoms with E-state index in [1.54, 1.807) is 0 Å². The zero-order valence-electron chi connectivity index (χ0n) is 11.9. The highest BCUT2D eigenvalue weighted by molar-refractivity contribution is 4.90. The first kappa shape index (κ1) is 17.9. The Labute approximate surface area is 126 Å². The first-order valence-corrected chi connectivity index (χ1v) is 6.86. The van der Waals surface area contributed by atoms with E-state index in [1.165, 1.54) is 7.11 Å². The summed E-state index contributed by atoms with van der Waals surface area (Å²) in [5.41, 5.74) is 0. The molecule has 130 valence electrons. The first-order chi connectivity index (χ1) is 10.4. The number of ether oxygens (including phenoxy) is 4. The van der Waals surface area contributed by atoms with Crippen LogP contribution >= 0.6 is 0 Å². The van der Waals surface area contributed by atoms with E-state index < -0.39 is 55.3 Å². The predicted octanol–water partition coefficient (Wildman–Crippen LogP) is -4.10. The Morgan fingerprint density at radius 2 is 1.64 bits per heavy atom. The van der Waals surface area contributed by atoms with E-state index in [2.05, 4.69) is 0 Å². The SMILES string of the molecule is CO[C@H]1C(O)O[C@H](CO[C@@H]2OC[C@@H](O)[C@H](O)[C@H]2O)[C@H](O)[C@@H]1O. The fourth-order valence-electron chi connectivity index (χ4n) is 2.43. The summed E-state index contributed by atoms with van der Waals surface area (Å²) in [5.74, 6) is 0. The summed E-state index contributed by atoms with van der Waals surface area (Å²) in [6, 6.07) is 0. The highest BCUT2D eigenvalue weighted by atomic mass is 16.7. The van der Waals surface area contributed by atoms with Gasteiger partial charge in [0, 0.05) is 7.11 Å². The summed E-state index contributed by atoms with van der Waals surface area (Å²) in [5, 5.41) is 57.9. The molecule has 10 heteroatoms. The number of hydrogen-bond donors (Lipinski definition) is 6. The lowest BCUT2D eigenvalue weighted by atomic mass is 9.99. The van der Waals surface area contributed by atoms with Gasteiger partial charge in [-0.25, -0.2) is 0 Å². The van der Waals surface area contributed by atoms with Crippen LogP contribution in [0.3, 0.4) is 0 Å². The molecule has 6 N–H and O–H groups in total. The van der Waals surface area contributed by atoms with Gasteiger partial charge >= 0.3 is 0 Å². The molecule has 0 aromatic heterocycles. The Balaban J connectivity index is 1.89. The minimum atomic E-state index is -1.48. The van der Waals surface area contributed by atoms with Crippen molar-refractivity contribution in [2.24, 2.45) is 0 Å². The van der Waals surface area contributed by atoms with Gasteiger partial charge in [-0.2, -0.15) is 0 Å². The van der Waals surface area contributed by atoms with E-state index >= 15 is 0 Å². The maximum absolute atomic E-state index is 9.91. The minimum absolute atomic E-state index is 0.228. The smallest absolute Gasteiger partial charge is 0.186 e. The van der Waals surface area contributed by atoms with Crippen LogP contribution in [0.2, 0.25) is 0 Å². The Morgan fingerprint density at radius 1 is 0.955 bits per heavy atom. The van der Waals surface area contributed by atoms with Crippen molar-refractivity contribution in [3.63, 3.8) is 0 Å². The van der Waals surface area contributed by atoms with Crippen molar-refractivity contribution in [2.45, 2.75) is 55.3 Å². The third kappa shape index (κ3) is 3.57. The lowest BCUT2D eigenvalue weighted by molar-refractivity contribution is -0.315. The molecule has 2 aliphatic rings. The summed E-state index contributed by atoms with van der Waals surface area (Å²) in [7, 11) is 1.25. The molecule has 0 radical (unpaired) electrons. The maximum atomic E-state index is 9.91. The lowest BCUT2D eigenvalue weighted by Crippen LogP contribution is -2.60. The summed E-state index contributed by atoms with van der Waals surface area (Å²) in [6.07, 6.45) is -11.8. The first-order valence-electron chi connectivity index (χ1n) is 6.86. The standard InChI is InChI=1S/C12H22O10/c1-19-10-8(16)7(15)5(22-11(10)18)3-21-12-9(17)6(14)4(13)2-20-12/h4-18H,2-3H2,1H3/t4-,5-,6+,7+,8+,9-,10-,11?,12+/m1/s1. The average molecular weight is 326 g/mol. The van der Waals surface area contributed by atoms with Gasteiger partial charge in [0.25, 0.3) is 0 Å². The molecule has 0 aliphatic carbocycles. The molecule has 10 nitrogen and oxygen atoms in total. The van der Waals surface area contributed by atoms with Gasteiger partial charge in [-0.1, -0.05) is 0 Å². The van der Waals surface area contributed by atoms with Gasteiger partial charge < -0.3 is 49.6 Å². The molecule has 0 amide bonds. The van der Waals surface area contributed by atoms with Crippen molar-refractivity contribution in [3.05, 3.63) is 0 Å². The van der Waals surface area contributed by atoms with E-state index in [-0.39, 0.29) is 13.2 Å². The summed E-state index contributed by atoms with van der Waals surface area (Å²) in [6.45, 7) is -0.551. The Morgan fingerprint density at radius 3 is 2.27 bits per heavy atom. The summed E-state index contributed by atoms with van der Waals surface area (Å²) >= 11 is 0. The van der Waals surface area contributed by atoms with Crippen molar-refractivity contribution in [1.82, 2.24) is 0 Å². The van der Waals surface area contributed by atoms with Gasteiger partial charge in [-0.15, -0.1) is 0 Å². The van der Waals surface area contributed by atoms with E-state index in [9.17, 15) is 30.6 Å². The van der Waals surface area contributed by atoms with Crippen molar-refractivity contribution in [1.29, 1.82) is 0 Å². The molecule has 2 rings (SSSR count). The number of hydrogen-bond acceptors (Lipinski definition) is 10. The highest BCUT2D eigenvalue weighted by Crippen LogP contribution is 2.23. The van der Waals surface area contributed by atoms with Crippen molar-refractivity contribution in [2.75, 3.05) is 20.3 Å². The topological polar surface area (TPSA) is 158 Å². The largest absolute Gasteiger partial charge is 0.388 e. The number of rotatable bonds is 4. The molecule has 0 spiro atoms. The predicted molar refractivity (Wildman–Crippen MR) is 67.4 cm³/mol. The molecule has 22 heavy (non-hydrogen) atoms. The van der Waals surface area contributed by atoms with Gasteiger partial charge in [0.05, 0.1) is 13.2 Å². The molecule has 0 aromatic carbocycles. The van der Waals surface area contributed by atoms with Crippen LogP contribution in [0.1, 0.15) is 0 Å². The molecular formula is C12H22O10. The van der Waals surface area contributed by atoms with Crippen LogP contribution < -0.4 is 0 Å². The molecule has 2 saturated heterocycles. The number of aliphatic hydroxyl groups is 6. The average Bonchev–Trinajstić information content (AvgIpc) is 2.49. The van der Waals surface area contributed by atoms with E-state index in [0.717, 1.165) is 0 Å². The van der Waals surface area contributed by atoms with Crippen molar-refractivity contribution in [3.8, 4) is 0 Å². The molecule has 2 fully saturated rings. The summed E-state index contributed by atoms with van der Waals surface area (Å²) < 4.78 is 20.1. The zero-order valence-corrected chi connectivity index (χ0v) is 11.9. The number of methoxy groups -OCH3 is 1. The highest BCUT2D eigenvalue weighted by Gasteiger charge is 2.45. The molecule has 2 aliphatic heterocycles. The van der Waals surface area contributed by atoms with Crippen molar-refractivity contribution >= 4 is 0 Å². The Hall–Kier alpha value is -0.400. The van der Waals surface area contributed by atoms with Crippen LogP contribution in [-0.4, -0.2) is 106 Å². The lowest BCUT2D eigenvalue weighted by Gasteiger charge is -2.41. The molecule has 0 saturated carbocycles. The Kier molecular flexibility index (Phi) is 6.07. The zero-order chi connectivity index (χ0) is 16.4. The van der Waals surface area contributed by atoms with E-state index in [0.29, 0.717) is 0 Å². The van der Waals surface area contributed by atoms with Gasteiger partial charge in [0.1, 0.15) is 42.7 Å². The third-order valence-electron chi connectivity index (χ3n) is 3.81. The van der Waals surface area contributed by atoms with Gasteiger partial charge in [0.15, 0.2) is 12.6 Å². The van der Waals surface area contributed by atoms with Crippen LogP contribution in [0, 0.1) is 0 Å². The molecule has 0 aromatic rings. The normalized spacial score (nSPS) is 50.0. The molecule has 1 unspecified atom stereocenters. The monoisotopic (exact) mass is 326 g/mol. The fourth-order valence-corrected chi connectivity index (χ4v) is 2.43. The second-order valence-electron chi connectivity index (χ2n) is 5.33. The molecule has 9 atom stereocenters. The van der Waals surface area contributed by atoms with Crippen LogP contribution in [-0.2, 0) is 18.9 Å². The quantitative estimate of drug-likeness (QED) is 0.300. The van der Waals surface area contributed by atoms with E-state index in [1.807, 2.05) is 0 Å².